The summed E-state index contributed by atoms with van der Waals surface area (Å²) in [5.41, 5.74) is 1.12. The van der Waals surface area contributed by atoms with Gasteiger partial charge in [0.1, 0.15) is 5.82 Å². The zero-order valence-electron chi connectivity index (χ0n) is 13.7. The number of aromatic nitrogens is 1. The molecule has 0 bridgehead atoms. The first-order valence-electron chi connectivity index (χ1n) is 7.77. The molecule has 3 aromatic rings. The van der Waals surface area contributed by atoms with Crippen LogP contribution in [0.4, 0.5) is 13.2 Å². The molecule has 27 heavy (non-hydrogen) atoms. The molecule has 0 aliphatic carbocycles. The topological polar surface area (TPSA) is 79.3 Å². The molecule has 1 aromatic heterocycles. The lowest BCUT2D eigenvalue weighted by Crippen LogP contribution is -2.18. The molecule has 0 aliphatic rings. The normalized spacial score (nSPS) is 12.4. The van der Waals surface area contributed by atoms with Crippen molar-refractivity contribution in [3.63, 3.8) is 0 Å². The van der Waals surface area contributed by atoms with Gasteiger partial charge < -0.3 is 0 Å². The highest BCUT2D eigenvalue weighted by Crippen LogP contribution is 2.26. The highest BCUT2D eigenvalue weighted by molar-refractivity contribution is 7.77. The van der Waals surface area contributed by atoms with E-state index >= 15 is 0 Å². The van der Waals surface area contributed by atoms with E-state index in [0.717, 1.165) is 0 Å². The third-order valence-electron chi connectivity index (χ3n) is 3.90. The van der Waals surface area contributed by atoms with Crippen molar-refractivity contribution < 1.29 is 26.7 Å². The average Bonchev–Trinajstić information content (AvgIpc) is 3.10. The number of hydrogen-bond acceptors (Lipinski definition) is 4. The maximum Gasteiger partial charge on any atom is 0.231 e. The van der Waals surface area contributed by atoms with Gasteiger partial charge in [-0.15, -0.1) is 11.3 Å². The van der Waals surface area contributed by atoms with Gasteiger partial charge >= 0.3 is 0 Å². The van der Waals surface area contributed by atoms with Gasteiger partial charge in [-0.25, -0.2) is 27.1 Å². The lowest BCUT2D eigenvalue weighted by molar-refractivity contribution is 0.103. The van der Waals surface area contributed by atoms with E-state index < -0.39 is 40.1 Å². The quantitative estimate of drug-likeness (QED) is 0.268. The van der Waals surface area contributed by atoms with Crippen LogP contribution < -0.4 is 4.72 Å². The maximum absolute atomic E-state index is 14.7. The van der Waals surface area contributed by atoms with Gasteiger partial charge in [0, 0.05) is 12.1 Å². The molecule has 0 aliphatic heterocycles. The van der Waals surface area contributed by atoms with Gasteiger partial charge in [0.2, 0.25) is 11.3 Å². The Morgan fingerprint density at radius 1 is 1.22 bits per heavy atom. The van der Waals surface area contributed by atoms with Crippen molar-refractivity contribution in [3.8, 4) is 0 Å². The van der Waals surface area contributed by atoms with Crippen molar-refractivity contribution in [2.75, 3.05) is 6.54 Å². The average molecular weight is 414 g/mol. The Labute approximate surface area is 158 Å². The van der Waals surface area contributed by atoms with Crippen molar-refractivity contribution in [1.82, 2.24) is 9.71 Å². The number of halogens is 3. The molecule has 1 unspecified atom stereocenters. The van der Waals surface area contributed by atoms with Gasteiger partial charge in [-0.3, -0.25) is 9.35 Å². The lowest BCUT2D eigenvalue weighted by Gasteiger charge is -2.10. The highest BCUT2D eigenvalue weighted by atomic mass is 32.2. The highest BCUT2D eigenvalue weighted by Gasteiger charge is 2.25. The fourth-order valence-corrected chi connectivity index (χ4v) is 3.65. The first kappa shape index (κ1) is 19.6. The standard InChI is InChI=1S/C17H13F3N2O3S2/c18-11-6-9(2-1-5-22-27(24)25)15(19)14(16(11)20)17(23)10-3-4-12-13(7-10)26-8-21-12/h3-4,6-8,22H,1-2,5H2,(H,24,25). The molecule has 142 valence electrons. The Morgan fingerprint density at radius 3 is 2.74 bits per heavy atom. The van der Waals surface area contributed by atoms with Gasteiger partial charge in [0.15, 0.2) is 17.4 Å². The molecule has 2 aromatic carbocycles. The molecular formula is C17H13F3N2O3S2. The van der Waals surface area contributed by atoms with E-state index in [1.165, 1.54) is 23.5 Å². The summed E-state index contributed by atoms with van der Waals surface area (Å²) in [5.74, 6) is -4.96. The molecule has 0 saturated carbocycles. The minimum absolute atomic E-state index is 0.0263. The minimum Gasteiger partial charge on any atom is -0.294 e. The van der Waals surface area contributed by atoms with E-state index in [4.69, 9.17) is 4.55 Å². The Kier molecular flexibility index (Phi) is 6.00. The van der Waals surface area contributed by atoms with E-state index in [1.807, 2.05) is 0 Å². The number of nitrogens with one attached hydrogen (secondary N) is 1. The first-order valence-corrected chi connectivity index (χ1v) is 9.75. The van der Waals surface area contributed by atoms with E-state index in [0.29, 0.717) is 16.3 Å². The largest absolute Gasteiger partial charge is 0.294 e. The van der Waals surface area contributed by atoms with Gasteiger partial charge in [-0.1, -0.05) is 0 Å². The van der Waals surface area contributed by atoms with E-state index in [2.05, 4.69) is 9.71 Å². The van der Waals surface area contributed by atoms with Crippen molar-refractivity contribution in [1.29, 1.82) is 0 Å². The van der Waals surface area contributed by atoms with Crippen molar-refractivity contribution in [2.45, 2.75) is 12.8 Å². The number of nitrogens with zero attached hydrogens (tertiary/aromatic N) is 1. The number of carbonyl (C=O) groups is 1. The number of ketones is 1. The van der Waals surface area contributed by atoms with Crippen LogP contribution in [0.1, 0.15) is 27.9 Å². The van der Waals surface area contributed by atoms with E-state index in [1.54, 1.807) is 11.6 Å². The van der Waals surface area contributed by atoms with Crippen LogP contribution in [0.2, 0.25) is 0 Å². The SMILES string of the molecule is O=C(c1ccc2ncsc2c1)c1c(F)c(F)cc(CCCNS(=O)O)c1F. The fourth-order valence-electron chi connectivity index (χ4n) is 2.62. The molecule has 3 rings (SSSR count). The number of aryl methyl sites for hydroxylation is 1. The summed E-state index contributed by atoms with van der Waals surface area (Å²) < 4.78 is 64.9. The zero-order valence-corrected chi connectivity index (χ0v) is 15.3. The van der Waals surface area contributed by atoms with Crippen molar-refractivity contribution in [2.24, 2.45) is 0 Å². The van der Waals surface area contributed by atoms with Crippen LogP contribution in [0.5, 0.6) is 0 Å². The second kappa shape index (κ2) is 8.26. The number of fused-ring (bicyclic) bond motifs is 1. The second-order valence-corrected chi connectivity index (χ2v) is 7.30. The number of hydrogen-bond donors (Lipinski definition) is 2. The zero-order chi connectivity index (χ0) is 19.6. The Hall–Kier alpha value is -2.14. The molecular weight excluding hydrogens is 401 g/mol. The minimum atomic E-state index is -2.22. The summed E-state index contributed by atoms with van der Waals surface area (Å²) in [7, 11) is 0. The second-order valence-electron chi connectivity index (χ2n) is 5.63. The number of rotatable bonds is 7. The summed E-state index contributed by atoms with van der Waals surface area (Å²) in [6.07, 6.45) is 0.149. The molecule has 0 spiro atoms. The third kappa shape index (κ3) is 4.24. The summed E-state index contributed by atoms with van der Waals surface area (Å²) >= 11 is -0.950. The van der Waals surface area contributed by atoms with Gasteiger partial charge in [0.25, 0.3) is 0 Å². The first-order chi connectivity index (χ1) is 12.9. The van der Waals surface area contributed by atoms with E-state index in [-0.39, 0.29) is 30.5 Å². The van der Waals surface area contributed by atoms with Crippen molar-refractivity contribution >= 4 is 38.6 Å². The molecule has 1 atom stereocenters. The molecule has 0 radical (unpaired) electrons. The third-order valence-corrected chi connectivity index (χ3v) is 5.14. The van der Waals surface area contributed by atoms with Crippen LogP contribution in [-0.2, 0) is 17.7 Å². The predicted octanol–water partition coefficient (Wildman–Crippen LogP) is 3.60. The van der Waals surface area contributed by atoms with Gasteiger partial charge in [-0.2, -0.15) is 0 Å². The van der Waals surface area contributed by atoms with Gasteiger partial charge in [-0.05, 0) is 42.7 Å². The summed E-state index contributed by atoms with van der Waals surface area (Å²) in [5, 5.41) is 0. The molecule has 0 saturated heterocycles. The van der Waals surface area contributed by atoms with Crippen molar-refractivity contribution in [3.05, 3.63) is 63.9 Å². The molecule has 1 heterocycles. The monoisotopic (exact) mass is 414 g/mol. The molecule has 10 heteroatoms. The lowest BCUT2D eigenvalue weighted by atomic mass is 9.97. The molecule has 5 nitrogen and oxygen atoms in total. The number of thiazole rings is 1. The molecule has 0 fully saturated rings. The van der Waals surface area contributed by atoms with Gasteiger partial charge in [0.05, 0.1) is 21.3 Å². The van der Waals surface area contributed by atoms with E-state index in [9.17, 15) is 22.2 Å². The van der Waals surface area contributed by atoms with Crippen LogP contribution in [0, 0.1) is 17.5 Å². The number of carbonyl (C=O) groups excluding carboxylic acids is 1. The maximum atomic E-state index is 14.7. The number of benzene rings is 2. The fraction of sp³-hybridized carbons (Fsp3) is 0.176. The molecule has 2 N–H and O–H groups in total. The Bertz CT molecular complexity index is 1040. The summed E-state index contributed by atoms with van der Waals surface area (Å²) in [6, 6.07) is 5.09. The molecule has 0 amide bonds. The smallest absolute Gasteiger partial charge is 0.231 e. The predicted molar refractivity (Wildman–Crippen MR) is 96.5 cm³/mol. The van der Waals surface area contributed by atoms with Crippen LogP contribution in [0.3, 0.4) is 0 Å². The Balaban J connectivity index is 1.93. The Morgan fingerprint density at radius 2 is 2.00 bits per heavy atom. The van der Waals surface area contributed by atoms with Crippen LogP contribution in [0.15, 0.2) is 29.8 Å². The van der Waals surface area contributed by atoms with Crippen LogP contribution in [-0.4, -0.2) is 26.1 Å². The van der Waals surface area contributed by atoms with Crippen LogP contribution in [0.25, 0.3) is 10.2 Å². The summed E-state index contributed by atoms with van der Waals surface area (Å²) in [6.45, 7) is 0.0624. The summed E-state index contributed by atoms with van der Waals surface area (Å²) in [4.78, 5) is 16.7. The van der Waals surface area contributed by atoms with Crippen LogP contribution >= 0.6 is 11.3 Å².